The lowest BCUT2D eigenvalue weighted by molar-refractivity contribution is -0.137. The minimum Gasteiger partial charge on any atom is -0.166 e. The van der Waals surface area contributed by atoms with Crippen molar-refractivity contribution in [3.8, 4) is 0 Å². The second-order valence-electron chi connectivity index (χ2n) is 4.53. The Hall–Kier alpha value is -1.77. The van der Waals surface area contributed by atoms with E-state index in [1.807, 2.05) is 18.2 Å². The van der Waals surface area contributed by atoms with Gasteiger partial charge in [-0.25, -0.2) is 0 Å². The molecule has 3 heteroatoms. The first-order chi connectivity index (χ1) is 8.79. The van der Waals surface area contributed by atoms with E-state index >= 15 is 0 Å². The number of aryl methyl sites for hydroxylation is 3. The normalized spacial score (nSPS) is 10.6. The first kappa shape index (κ1) is 15.3. The van der Waals surface area contributed by atoms with Crippen LogP contribution in [0.15, 0.2) is 48.5 Å². The van der Waals surface area contributed by atoms with Gasteiger partial charge in [-0.15, -0.1) is 0 Å². The zero-order valence-electron chi connectivity index (χ0n) is 11.3. The van der Waals surface area contributed by atoms with Crippen molar-refractivity contribution in [3.05, 3.63) is 70.8 Å². The molecule has 0 heterocycles. The molecule has 0 spiro atoms. The lowest BCUT2D eigenvalue weighted by Crippen LogP contribution is -2.05. The second kappa shape index (κ2) is 6.41. The summed E-state index contributed by atoms with van der Waals surface area (Å²) in [6, 6.07) is 14.3. The molecule has 2 aromatic carbocycles. The summed E-state index contributed by atoms with van der Waals surface area (Å²) in [5.41, 5.74) is 2.03. The van der Waals surface area contributed by atoms with E-state index in [0.29, 0.717) is 11.1 Å². The smallest absolute Gasteiger partial charge is 0.166 e. The molecule has 2 aromatic rings. The van der Waals surface area contributed by atoms with Gasteiger partial charge in [-0.3, -0.25) is 0 Å². The summed E-state index contributed by atoms with van der Waals surface area (Å²) in [4.78, 5) is 0. The fraction of sp³-hybridized carbons (Fsp3) is 0.250. The van der Waals surface area contributed by atoms with E-state index in [1.54, 1.807) is 19.9 Å². The molecular weight excluding hydrogens is 249 g/mol. The lowest BCUT2D eigenvalue weighted by Gasteiger charge is -2.08. The fourth-order valence-corrected chi connectivity index (χ4v) is 1.67. The average molecular weight is 266 g/mol. The molecule has 19 heavy (non-hydrogen) atoms. The molecule has 2 rings (SSSR count). The van der Waals surface area contributed by atoms with Gasteiger partial charge in [-0.2, -0.15) is 13.2 Å². The van der Waals surface area contributed by atoms with Gasteiger partial charge in [0, 0.05) is 0 Å². The molecule has 102 valence electrons. The van der Waals surface area contributed by atoms with Crippen molar-refractivity contribution in [2.24, 2.45) is 0 Å². The SMILES string of the molecule is Cc1cc(C)cc(C(F)(F)F)c1.Cc1ccccc1. The van der Waals surface area contributed by atoms with Gasteiger partial charge in [-0.1, -0.05) is 53.1 Å². The van der Waals surface area contributed by atoms with Crippen molar-refractivity contribution in [1.82, 2.24) is 0 Å². The number of rotatable bonds is 0. The van der Waals surface area contributed by atoms with Crippen LogP contribution in [0.3, 0.4) is 0 Å². The summed E-state index contributed by atoms with van der Waals surface area (Å²) in [5.74, 6) is 0. The molecule has 0 aliphatic rings. The maximum atomic E-state index is 12.1. The summed E-state index contributed by atoms with van der Waals surface area (Å²) < 4.78 is 36.4. The highest BCUT2D eigenvalue weighted by atomic mass is 19.4. The minimum atomic E-state index is -4.23. The summed E-state index contributed by atoms with van der Waals surface area (Å²) in [7, 11) is 0. The van der Waals surface area contributed by atoms with Gasteiger partial charge >= 0.3 is 6.18 Å². The van der Waals surface area contributed by atoms with Gasteiger partial charge in [-0.05, 0) is 32.9 Å². The monoisotopic (exact) mass is 266 g/mol. The average Bonchev–Trinajstić information content (AvgIpc) is 2.28. The lowest BCUT2D eigenvalue weighted by atomic mass is 10.1. The van der Waals surface area contributed by atoms with Crippen LogP contribution in [0.4, 0.5) is 13.2 Å². The Balaban J connectivity index is 0.000000218. The number of halogens is 3. The van der Waals surface area contributed by atoms with Crippen LogP contribution in [-0.4, -0.2) is 0 Å². The minimum absolute atomic E-state index is 0.569. The molecule has 0 radical (unpaired) electrons. The van der Waals surface area contributed by atoms with Gasteiger partial charge in [0.05, 0.1) is 5.56 Å². The highest BCUT2D eigenvalue weighted by molar-refractivity contribution is 5.30. The number of hydrogen-bond acceptors (Lipinski definition) is 0. The predicted octanol–water partition coefficient (Wildman–Crippen LogP) is 5.32. The third-order valence-electron chi connectivity index (χ3n) is 2.49. The van der Waals surface area contributed by atoms with Crippen LogP contribution in [-0.2, 0) is 6.18 Å². The Morgan fingerprint density at radius 2 is 1.16 bits per heavy atom. The van der Waals surface area contributed by atoms with Gasteiger partial charge < -0.3 is 0 Å². The van der Waals surface area contributed by atoms with Crippen LogP contribution in [0.1, 0.15) is 22.3 Å². The molecule has 0 N–H and O–H groups in total. The molecule has 0 amide bonds. The number of benzene rings is 2. The Bertz CT molecular complexity index is 493. The zero-order valence-corrected chi connectivity index (χ0v) is 11.3. The molecule has 0 saturated carbocycles. The van der Waals surface area contributed by atoms with Gasteiger partial charge in [0.15, 0.2) is 0 Å². The molecule has 0 unspecified atom stereocenters. The van der Waals surface area contributed by atoms with Gasteiger partial charge in [0.1, 0.15) is 0 Å². The first-order valence-electron chi connectivity index (χ1n) is 5.96. The Kier molecular flexibility index (Phi) is 5.16. The summed E-state index contributed by atoms with van der Waals surface area (Å²) in [6.45, 7) is 5.39. The zero-order chi connectivity index (χ0) is 14.5. The van der Waals surface area contributed by atoms with Crippen LogP contribution in [0.2, 0.25) is 0 Å². The largest absolute Gasteiger partial charge is 0.416 e. The van der Waals surface area contributed by atoms with Crippen LogP contribution < -0.4 is 0 Å². The molecule has 0 saturated heterocycles. The first-order valence-corrected chi connectivity index (χ1v) is 5.96. The van der Waals surface area contributed by atoms with Crippen molar-refractivity contribution in [3.63, 3.8) is 0 Å². The molecular formula is C16H17F3. The van der Waals surface area contributed by atoms with Crippen molar-refractivity contribution in [2.45, 2.75) is 26.9 Å². The van der Waals surface area contributed by atoms with Crippen LogP contribution in [0, 0.1) is 20.8 Å². The predicted molar refractivity (Wildman–Crippen MR) is 72.1 cm³/mol. The Labute approximate surface area is 111 Å². The summed E-state index contributed by atoms with van der Waals surface area (Å²) >= 11 is 0. The maximum Gasteiger partial charge on any atom is 0.416 e. The van der Waals surface area contributed by atoms with Crippen molar-refractivity contribution < 1.29 is 13.2 Å². The third kappa shape index (κ3) is 5.60. The topological polar surface area (TPSA) is 0 Å². The highest BCUT2D eigenvalue weighted by Crippen LogP contribution is 2.30. The number of alkyl halides is 3. The van der Waals surface area contributed by atoms with Crippen molar-refractivity contribution >= 4 is 0 Å². The van der Waals surface area contributed by atoms with Crippen molar-refractivity contribution in [1.29, 1.82) is 0 Å². The van der Waals surface area contributed by atoms with Gasteiger partial charge in [0.2, 0.25) is 0 Å². The molecule has 0 aliphatic carbocycles. The van der Waals surface area contributed by atoms with Crippen molar-refractivity contribution in [2.75, 3.05) is 0 Å². The Morgan fingerprint density at radius 3 is 1.47 bits per heavy atom. The summed E-state index contributed by atoms with van der Waals surface area (Å²) in [5, 5.41) is 0. The quantitative estimate of drug-likeness (QED) is 0.605. The fourth-order valence-electron chi connectivity index (χ4n) is 1.67. The number of hydrogen-bond donors (Lipinski definition) is 0. The molecule has 0 nitrogen and oxygen atoms in total. The van der Waals surface area contributed by atoms with Crippen LogP contribution in [0.5, 0.6) is 0 Å². The molecule has 0 aromatic heterocycles. The molecule has 0 atom stereocenters. The molecule has 0 fully saturated rings. The van der Waals surface area contributed by atoms with E-state index in [-0.39, 0.29) is 0 Å². The van der Waals surface area contributed by atoms with E-state index in [0.717, 1.165) is 12.1 Å². The summed E-state index contributed by atoms with van der Waals surface area (Å²) in [6.07, 6.45) is -4.23. The molecule has 0 aliphatic heterocycles. The van der Waals surface area contributed by atoms with E-state index in [1.165, 1.54) is 5.56 Å². The van der Waals surface area contributed by atoms with E-state index in [2.05, 4.69) is 19.1 Å². The standard InChI is InChI=1S/C9H9F3.C7H8/c1-6-3-7(2)5-8(4-6)9(10,11)12;1-7-5-3-2-4-6-7/h3-5H,1-2H3;2-6H,1H3. The highest BCUT2D eigenvalue weighted by Gasteiger charge is 2.30. The van der Waals surface area contributed by atoms with Crippen LogP contribution >= 0.6 is 0 Å². The molecule has 0 bridgehead atoms. The van der Waals surface area contributed by atoms with E-state index in [4.69, 9.17) is 0 Å². The van der Waals surface area contributed by atoms with E-state index in [9.17, 15) is 13.2 Å². The maximum absolute atomic E-state index is 12.1. The van der Waals surface area contributed by atoms with Gasteiger partial charge in [0.25, 0.3) is 0 Å². The second-order valence-corrected chi connectivity index (χ2v) is 4.53. The third-order valence-corrected chi connectivity index (χ3v) is 2.49. The van der Waals surface area contributed by atoms with Crippen LogP contribution in [0.25, 0.3) is 0 Å². The Morgan fingerprint density at radius 1 is 0.684 bits per heavy atom. The van der Waals surface area contributed by atoms with E-state index < -0.39 is 11.7 Å².